The zero-order valence-corrected chi connectivity index (χ0v) is 17.3. The second-order valence-corrected chi connectivity index (χ2v) is 8.28. The van der Waals surface area contributed by atoms with Crippen LogP contribution in [0.15, 0.2) is 59.7 Å². The van der Waals surface area contributed by atoms with E-state index in [2.05, 4.69) is 18.8 Å². The van der Waals surface area contributed by atoms with Crippen LogP contribution in [0.4, 0.5) is 5.95 Å². The minimum absolute atomic E-state index is 0.0540. The number of fused-ring (bicyclic) bond motifs is 1. The van der Waals surface area contributed by atoms with Gasteiger partial charge in [0, 0.05) is 48.1 Å². The van der Waals surface area contributed by atoms with Crippen molar-refractivity contribution in [2.24, 2.45) is 5.41 Å². The van der Waals surface area contributed by atoms with Crippen molar-refractivity contribution >= 4 is 11.7 Å². The van der Waals surface area contributed by atoms with Crippen LogP contribution in [-0.2, 0) is 6.54 Å². The second-order valence-electron chi connectivity index (χ2n) is 8.28. The Labute approximate surface area is 175 Å². The summed E-state index contributed by atoms with van der Waals surface area (Å²) in [7, 11) is 1.57. The van der Waals surface area contributed by atoms with E-state index in [1.54, 1.807) is 54.4 Å². The standard InChI is InChI=1S/C23H24N4O3/c1-23(2)14-26(13-20(28)17-5-4-6-18(11-17)30-3)22-25-19(12-21(29)27(22)15-23)16-7-9-24-10-8-16/h4-12H,13-15H2,1-3H3. The summed E-state index contributed by atoms with van der Waals surface area (Å²) in [5.41, 5.74) is 1.66. The zero-order chi connectivity index (χ0) is 21.3. The SMILES string of the molecule is COc1cccc(C(=O)CN2CC(C)(C)Cn3c2nc(-c2ccncc2)cc3=O)c1. The third-order valence-electron chi connectivity index (χ3n) is 5.18. The highest BCUT2D eigenvalue weighted by Gasteiger charge is 2.33. The van der Waals surface area contributed by atoms with Gasteiger partial charge in [0.25, 0.3) is 5.56 Å². The molecule has 2 aromatic heterocycles. The van der Waals surface area contributed by atoms with Crippen molar-refractivity contribution in [2.45, 2.75) is 20.4 Å². The maximum absolute atomic E-state index is 13.0. The Kier molecular flexibility index (Phi) is 5.11. The van der Waals surface area contributed by atoms with E-state index in [0.717, 1.165) is 5.56 Å². The molecule has 0 N–H and O–H groups in total. The molecule has 1 aliphatic rings. The second kappa shape index (κ2) is 7.74. The fraction of sp³-hybridized carbons (Fsp3) is 0.304. The maximum atomic E-state index is 13.0. The van der Waals surface area contributed by atoms with Crippen LogP contribution in [0.2, 0.25) is 0 Å². The summed E-state index contributed by atoms with van der Waals surface area (Å²) in [5.74, 6) is 1.10. The lowest BCUT2D eigenvalue weighted by atomic mass is 9.90. The highest BCUT2D eigenvalue weighted by atomic mass is 16.5. The highest BCUT2D eigenvalue weighted by Crippen LogP contribution is 2.30. The van der Waals surface area contributed by atoms with E-state index in [-0.39, 0.29) is 23.3 Å². The molecule has 0 fully saturated rings. The molecule has 4 rings (SSSR count). The van der Waals surface area contributed by atoms with Gasteiger partial charge >= 0.3 is 0 Å². The zero-order valence-electron chi connectivity index (χ0n) is 17.3. The Morgan fingerprint density at radius 1 is 1.13 bits per heavy atom. The van der Waals surface area contributed by atoms with Crippen LogP contribution in [0.5, 0.6) is 5.75 Å². The molecule has 1 aromatic carbocycles. The predicted octanol–water partition coefficient (Wildman–Crippen LogP) is 3.04. The first kappa shape index (κ1) is 19.8. The largest absolute Gasteiger partial charge is 0.497 e. The number of anilines is 1. The number of Topliss-reactive ketones (excluding diaryl/α,β-unsaturated/α-hetero) is 1. The smallest absolute Gasteiger partial charge is 0.255 e. The Bertz CT molecular complexity index is 1140. The number of rotatable bonds is 5. The third kappa shape index (κ3) is 3.96. The predicted molar refractivity (Wildman–Crippen MR) is 115 cm³/mol. The summed E-state index contributed by atoms with van der Waals surface area (Å²) in [5, 5.41) is 0. The molecule has 3 aromatic rings. The van der Waals surface area contributed by atoms with Gasteiger partial charge in [0.1, 0.15) is 5.75 Å². The van der Waals surface area contributed by atoms with Crippen LogP contribution >= 0.6 is 0 Å². The van der Waals surface area contributed by atoms with Gasteiger partial charge in [0.2, 0.25) is 5.95 Å². The Morgan fingerprint density at radius 2 is 1.90 bits per heavy atom. The lowest BCUT2D eigenvalue weighted by molar-refractivity contribution is 0.0993. The minimum Gasteiger partial charge on any atom is -0.497 e. The number of carbonyl (C=O) groups is 1. The number of aromatic nitrogens is 3. The van der Waals surface area contributed by atoms with Crippen molar-refractivity contribution in [3.8, 4) is 17.0 Å². The lowest BCUT2D eigenvalue weighted by Crippen LogP contribution is -2.49. The molecule has 0 spiro atoms. The minimum atomic E-state index is -0.175. The average molecular weight is 404 g/mol. The van der Waals surface area contributed by atoms with Gasteiger partial charge in [0.05, 0.1) is 19.3 Å². The number of carbonyl (C=O) groups excluding carboxylic acids is 1. The summed E-state index contributed by atoms with van der Waals surface area (Å²) in [6.45, 7) is 5.47. The Morgan fingerprint density at radius 3 is 2.63 bits per heavy atom. The van der Waals surface area contributed by atoms with Crippen molar-refractivity contribution in [1.82, 2.24) is 14.5 Å². The number of pyridine rings is 1. The van der Waals surface area contributed by atoms with E-state index in [1.807, 2.05) is 17.0 Å². The average Bonchev–Trinajstić information content (AvgIpc) is 2.74. The fourth-order valence-corrected chi connectivity index (χ4v) is 3.81. The van der Waals surface area contributed by atoms with Crippen molar-refractivity contribution in [2.75, 3.05) is 25.1 Å². The summed E-state index contributed by atoms with van der Waals surface area (Å²) >= 11 is 0. The Hall–Kier alpha value is -3.48. The van der Waals surface area contributed by atoms with E-state index in [9.17, 15) is 9.59 Å². The molecule has 3 heterocycles. The van der Waals surface area contributed by atoms with Crippen LogP contribution in [0.3, 0.4) is 0 Å². The van der Waals surface area contributed by atoms with Crippen LogP contribution in [-0.4, -0.2) is 40.5 Å². The normalized spacial score (nSPS) is 14.8. The number of hydrogen-bond donors (Lipinski definition) is 0. The van der Waals surface area contributed by atoms with Crippen molar-refractivity contribution in [3.05, 3.63) is 70.8 Å². The topological polar surface area (TPSA) is 77.3 Å². The molecule has 0 saturated carbocycles. The molecule has 0 saturated heterocycles. The summed E-state index contributed by atoms with van der Waals surface area (Å²) < 4.78 is 6.90. The number of benzene rings is 1. The number of ether oxygens (including phenoxy) is 1. The first-order valence-electron chi connectivity index (χ1n) is 9.81. The van der Waals surface area contributed by atoms with Gasteiger partial charge in [-0.1, -0.05) is 26.0 Å². The fourth-order valence-electron chi connectivity index (χ4n) is 3.81. The van der Waals surface area contributed by atoms with Gasteiger partial charge < -0.3 is 9.64 Å². The van der Waals surface area contributed by atoms with Crippen molar-refractivity contribution in [1.29, 1.82) is 0 Å². The van der Waals surface area contributed by atoms with Crippen molar-refractivity contribution < 1.29 is 9.53 Å². The van der Waals surface area contributed by atoms with E-state index < -0.39 is 0 Å². The van der Waals surface area contributed by atoms with E-state index >= 15 is 0 Å². The van der Waals surface area contributed by atoms with E-state index in [0.29, 0.717) is 36.0 Å². The monoisotopic (exact) mass is 404 g/mol. The van der Waals surface area contributed by atoms with Gasteiger partial charge in [-0.15, -0.1) is 0 Å². The molecule has 30 heavy (non-hydrogen) atoms. The molecule has 7 heteroatoms. The lowest BCUT2D eigenvalue weighted by Gasteiger charge is -2.40. The van der Waals surface area contributed by atoms with Crippen molar-refractivity contribution in [3.63, 3.8) is 0 Å². The first-order valence-corrected chi connectivity index (χ1v) is 9.81. The first-order chi connectivity index (χ1) is 14.4. The van der Waals surface area contributed by atoms with Crippen LogP contribution in [0.1, 0.15) is 24.2 Å². The van der Waals surface area contributed by atoms with E-state index in [1.165, 1.54) is 0 Å². The van der Waals surface area contributed by atoms with E-state index in [4.69, 9.17) is 9.72 Å². The van der Waals surface area contributed by atoms with Gasteiger partial charge in [-0.25, -0.2) is 4.98 Å². The molecule has 0 unspecified atom stereocenters. The quantitative estimate of drug-likeness (QED) is 0.609. The highest BCUT2D eigenvalue weighted by molar-refractivity contribution is 5.99. The molecule has 1 aliphatic heterocycles. The molecule has 0 amide bonds. The van der Waals surface area contributed by atoms with Gasteiger partial charge in [-0.05, 0) is 24.3 Å². The van der Waals surface area contributed by atoms with Gasteiger partial charge in [-0.2, -0.15) is 0 Å². The number of nitrogens with zero attached hydrogens (tertiary/aromatic N) is 4. The molecular formula is C23H24N4O3. The van der Waals surface area contributed by atoms with Gasteiger partial charge in [-0.3, -0.25) is 19.1 Å². The van der Waals surface area contributed by atoms with Crippen LogP contribution in [0.25, 0.3) is 11.3 Å². The number of methoxy groups -OCH3 is 1. The molecule has 0 bridgehead atoms. The number of hydrogen-bond acceptors (Lipinski definition) is 6. The third-order valence-corrected chi connectivity index (χ3v) is 5.18. The molecular weight excluding hydrogens is 380 g/mol. The maximum Gasteiger partial charge on any atom is 0.255 e. The summed E-state index contributed by atoms with van der Waals surface area (Å²) in [6.07, 6.45) is 3.34. The molecule has 0 aliphatic carbocycles. The van der Waals surface area contributed by atoms with Gasteiger partial charge in [0.15, 0.2) is 5.78 Å². The molecule has 7 nitrogen and oxygen atoms in total. The molecule has 0 radical (unpaired) electrons. The van der Waals surface area contributed by atoms with Crippen LogP contribution in [0, 0.1) is 5.41 Å². The Balaban J connectivity index is 1.73. The van der Waals surface area contributed by atoms with Crippen LogP contribution < -0.4 is 15.2 Å². The molecule has 0 atom stereocenters. The number of ketones is 1. The summed E-state index contributed by atoms with van der Waals surface area (Å²) in [6, 6.07) is 12.3. The summed E-state index contributed by atoms with van der Waals surface area (Å²) in [4.78, 5) is 36.6. The molecule has 154 valence electrons.